The smallest absolute Gasteiger partial charge is 0.326 e. The van der Waals surface area contributed by atoms with Gasteiger partial charge in [-0.15, -0.1) is 0 Å². The van der Waals surface area contributed by atoms with Gasteiger partial charge < -0.3 is 15.4 Å². The Labute approximate surface area is 267 Å². The highest BCUT2D eigenvalue weighted by atomic mass is 16.6. The fourth-order valence-electron chi connectivity index (χ4n) is 10.4. The molecule has 240 valence electrons. The van der Waals surface area contributed by atoms with Crippen LogP contribution in [-0.4, -0.2) is 47.0 Å². The van der Waals surface area contributed by atoms with Gasteiger partial charge in [-0.3, -0.25) is 14.5 Å². The summed E-state index contributed by atoms with van der Waals surface area (Å²) >= 11 is 0. The van der Waals surface area contributed by atoms with E-state index in [4.69, 9.17) is 10.5 Å². The van der Waals surface area contributed by atoms with Crippen LogP contribution < -0.4 is 10.6 Å². The zero-order valence-corrected chi connectivity index (χ0v) is 26.7. The molecule has 0 spiro atoms. The van der Waals surface area contributed by atoms with E-state index < -0.39 is 12.1 Å². The van der Waals surface area contributed by atoms with Gasteiger partial charge in [-0.2, -0.15) is 0 Å². The number of primary amides is 1. The van der Waals surface area contributed by atoms with Crippen LogP contribution in [0, 0.1) is 30.6 Å². The van der Waals surface area contributed by atoms with Crippen LogP contribution in [0.4, 0.5) is 10.5 Å². The number of carbonyl (C=O) groups is 3. The van der Waals surface area contributed by atoms with Gasteiger partial charge in [0.05, 0.1) is 0 Å². The van der Waals surface area contributed by atoms with Crippen molar-refractivity contribution < 1.29 is 19.1 Å². The molecule has 0 radical (unpaired) electrons. The third-order valence-electron chi connectivity index (χ3n) is 11.9. The summed E-state index contributed by atoms with van der Waals surface area (Å²) in [6, 6.07) is 16.4. The standard InChI is InChI=1S/C38H49N3O4/c1-25-9-8-14-32(15-25)41(37(39)44)34-20-31(29-10-4-2-5-11-29)19-33(30-12-6-3-7-13-30)40(36(34)43)24-35(42)45-38-21-26-16-27(22-38)18-28(17-26)23-38/h2,4-5,8-11,14-15,26-28,30-31,33-34H,3,6-7,12-13,16-24H2,1H3,(H2,39,44). The molecule has 5 aliphatic carbocycles. The Hall–Kier alpha value is -3.35. The molecule has 7 nitrogen and oxygen atoms in total. The molecule has 2 N–H and O–H groups in total. The Kier molecular flexibility index (Phi) is 8.39. The van der Waals surface area contributed by atoms with E-state index in [0.717, 1.165) is 62.5 Å². The Balaban J connectivity index is 1.24. The molecule has 1 saturated heterocycles. The molecular formula is C38H49N3O4. The highest BCUT2D eigenvalue weighted by Crippen LogP contribution is 2.57. The average Bonchev–Trinajstić information content (AvgIpc) is 3.14. The molecule has 0 aromatic heterocycles. The highest BCUT2D eigenvalue weighted by molar-refractivity contribution is 6.00. The van der Waals surface area contributed by atoms with E-state index in [1.165, 1.54) is 30.6 Å². The molecule has 8 rings (SSSR count). The predicted molar refractivity (Wildman–Crippen MR) is 175 cm³/mol. The van der Waals surface area contributed by atoms with Crippen molar-refractivity contribution in [2.75, 3.05) is 11.4 Å². The number of hydrogen-bond acceptors (Lipinski definition) is 4. The van der Waals surface area contributed by atoms with Crippen LogP contribution in [-0.2, 0) is 14.3 Å². The van der Waals surface area contributed by atoms with Crippen LogP contribution in [0.2, 0.25) is 0 Å². The fraction of sp³-hybridized carbons (Fsp3) is 0.605. The first-order chi connectivity index (χ1) is 21.8. The highest BCUT2D eigenvalue weighted by Gasteiger charge is 2.54. The second-order valence-corrected chi connectivity index (χ2v) is 15.1. The molecule has 3 atom stereocenters. The van der Waals surface area contributed by atoms with Gasteiger partial charge in [-0.1, -0.05) is 61.7 Å². The van der Waals surface area contributed by atoms with Crippen LogP contribution in [0.5, 0.6) is 0 Å². The minimum atomic E-state index is -0.824. The average molecular weight is 612 g/mol. The van der Waals surface area contributed by atoms with Crippen molar-refractivity contribution in [3.63, 3.8) is 0 Å². The molecule has 1 aliphatic heterocycles. The topological polar surface area (TPSA) is 92.9 Å². The van der Waals surface area contributed by atoms with Crippen LogP contribution in [0.3, 0.4) is 0 Å². The van der Waals surface area contributed by atoms with Crippen LogP contribution in [0.25, 0.3) is 0 Å². The maximum absolute atomic E-state index is 14.9. The molecule has 3 amide bonds. The summed E-state index contributed by atoms with van der Waals surface area (Å²) in [4.78, 5) is 45.5. The maximum atomic E-state index is 14.9. The van der Waals surface area contributed by atoms with Crippen molar-refractivity contribution in [1.82, 2.24) is 4.90 Å². The third kappa shape index (κ3) is 6.24. The number of esters is 1. The summed E-state index contributed by atoms with van der Waals surface area (Å²) in [7, 11) is 0. The van der Waals surface area contributed by atoms with E-state index >= 15 is 0 Å². The number of benzene rings is 2. The number of amides is 3. The lowest BCUT2D eigenvalue weighted by Crippen LogP contribution is -2.57. The number of likely N-dealkylation sites (tertiary alicyclic amines) is 1. The molecule has 45 heavy (non-hydrogen) atoms. The molecule has 3 unspecified atom stereocenters. The molecule has 2 aromatic rings. The zero-order chi connectivity index (χ0) is 31.1. The summed E-state index contributed by atoms with van der Waals surface area (Å²) in [5.74, 6) is 1.84. The van der Waals surface area contributed by atoms with Crippen molar-refractivity contribution >= 4 is 23.6 Å². The van der Waals surface area contributed by atoms with Crippen LogP contribution in [0.1, 0.15) is 101 Å². The van der Waals surface area contributed by atoms with E-state index in [0.29, 0.717) is 35.8 Å². The van der Waals surface area contributed by atoms with Gasteiger partial charge in [-0.05, 0) is 124 Å². The number of urea groups is 1. The molecule has 6 aliphatic rings. The van der Waals surface area contributed by atoms with Gasteiger partial charge >= 0.3 is 12.0 Å². The molecule has 6 fully saturated rings. The quantitative estimate of drug-likeness (QED) is 0.338. The van der Waals surface area contributed by atoms with E-state index in [2.05, 4.69) is 12.1 Å². The first kappa shape index (κ1) is 30.3. The monoisotopic (exact) mass is 611 g/mol. The predicted octanol–water partition coefficient (Wildman–Crippen LogP) is 7.12. The van der Waals surface area contributed by atoms with Gasteiger partial charge in [0.15, 0.2) is 0 Å². The normalized spacial score (nSPS) is 33.1. The van der Waals surface area contributed by atoms with Crippen molar-refractivity contribution in [2.24, 2.45) is 29.4 Å². The second kappa shape index (κ2) is 12.4. The Morgan fingerprint density at radius 1 is 0.889 bits per heavy atom. The summed E-state index contributed by atoms with van der Waals surface area (Å²) in [6.07, 6.45) is 13.5. The molecule has 1 heterocycles. The lowest BCUT2D eigenvalue weighted by Gasteiger charge is -2.55. The van der Waals surface area contributed by atoms with E-state index in [9.17, 15) is 14.4 Å². The summed E-state index contributed by atoms with van der Waals surface area (Å²) < 4.78 is 6.50. The number of ether oxygens (including phenoxy) is 1. The largest absolute Gasteiger partial charge is 0.458 e. The van der Waals surface area contributed by atoms with E-state index in [-0.39, 0.29) is 36.0 Å². The fourth-order valence-corrected chi connectivity index (χ4v) is 10.4. The SMILES string of the molecule is Cc1cccc(N(C(N)=O)C2CC(c3ccccc3)CC(C3CCCCC3)N(CC(=O)OC34CC5CC(CC(C5)C3)C4)C2=O)c1. The van der Waals surface area contributed by atoms with Crippen molar-refractivity contribution in [1.29, 1.82) is 0 Å². The van der Waals surface area contributed by atoms with Crippen molar-refractivity contribution in [2.45, 2.75) is 114 Å². The lowest BCUT2D eigenvalue weighted by molar-refractivity contribution is -0.189. The minimum absolute atomic E-state index is 0.0305. The van der Waals surface area contributed by atoms with Gasteiger partial charge in [0.2, 0.25) is 5.91 Å². The molecule has 4 bridgehead atoms. The Bertz CT molecular complexity index is 1370. The summed E-state index contributed by atoms with van der Waals surface area (Å²) in [5, 5.41) is 0. The zero-order valence-electron chi connectivity index (χ0n) is 26.7. The number of aryl methyl sites for hydroxylation is 1. The Morgan fingerprint density at radius 3 is 2.18 bits per heavy atom. The van der Waals surface area contributed by atoms with Crippen LogP contribution >= 0.6 is 0 Å². The molecule has 5 saturated carbocycles. The number of rotatable bonds is 7. The van der Waals surface area contributed by atoms with E-state index in [1.807, 2.05) is 54.3 Å². The molecular weight excluding hydrogens is 562 g/mol. The van der Waals surface area contributed by atoms with Gasteiger partial charge in [0, 0.05) is 11.7 Å². The number of carbonyl (C=O) groups excluding carboxylic acids is 3. The number of anilines is 1. The van der Waals surface area contributed by atoms with Crippen molar-refractivity contribution in [3.05, 3.63) is 65.7 Å². The van der Waals surface area contributed by atoms with Gasteiger partial charge in [0.1, 0.15) is 18.2 Å². The first-order valence-electron chi connectivity index (χ1n) is 17.5. The van der Waals surface area contributed by atoms with Crippen molar-refractivity contribution in [3.8, 4) is 0 Å². The Morgan fingerprint density at radius 2 is 1.56 bits per heavy atom. The first-order valence-corrected chi connectivity index (χ1v) is 17.5. The summed E-state index contributed by atoms with van der Waals surface area (Å²) in [5.41, 5.74) is 8.47. The maximum Gasteiger partial charge on any atom is 0.326 e. The number of hydrogen-bond donors (Lipinski definition) is 1. The van der Waals surface area contributed by atoms with Gasteiger partial charge in [0.25, 0.3) is 0 Å². The minimum Gasteiger partial charge on any atom is -0.458 e. The molecule has 7 heteroatoms. The summed E-state index contributed by atoms with van der Waals surface area (Å²) in [6.45, 7) is 1.90. The molecule has 2 aromatic carbocycles. The van der Waals surface area contributed by atoms with Crippen LogP contribution in [0.15, 0.2) is 54.6 Å². The van der Waals surface area contributed by atoms with E-state index in [1.54, 1.807) is 0 Å². The number of nitrogens with two attached hydrogens (primary N) is 1. The second-order valence-electron chi connectivity index (χ2n) is 15.1. The van der Waals surface area contributed by atoms with Gasteiger partial charge in [-0.25, -0.2) is 4.79 Å². The lowest BCUT2D eigenvalue weighted by atomic mass is 9.54. The number of nitrogens with zero attached hydrogens (tertiary/aromatic N) is 2. The third-order valence-corrected chi connectivity index (χ3v) is 11.9.